The fourth-order valence-corrected chi connectivity index (χ4v) is 2.80. The largest absolute Gasteiger partial charge is 0.330 e. The average Bonchev–Trinajstić information content (AvgIpc) is 2.98. The molecule has 2 aromatic heterocycles. The minimum Gasteiger partial charge on any atom is -0.330 e. The molecule has 2 aromatic rings. The van der Waals surface area contributed by atoms with Crippen molar-refractivity contribution < 1.29 is 4.79 Å². The Morgan fingerprint density at radius 3 is 3.06 bits per heavy atom. The monoisotopic (exact) mass is 282 g/mol. The molecule has 0 aliphatic rings. The molecule has 0 unspecified atom stereocenters. The van der Waals surface area contributed by atoms with Crippen molar-refractivity contribution in [1.29, 1.82) is 0 Å². The summed E-state index contributed by atoms with van der Waals surface area (Å²) in [4.78, 5) is 20.1. The highest BCUT2D eigenvalue weighted by molar-refractivity contribution is 7.13. The summed E-state index contributed by atoms with van der Waals surface area (Å²) in [5, 5.41) is 8.15. The minimum absolute atomic E-state index is 0.0828. The lowest BCUT2D eigenvalue weighted by Gasteiger charge is -1.98. The Kier molecular flexibility index (Phi) is 4.80. The molecule has 96 valence electrons. The van der Waals surface area contributed by atoms with Crippen LogP contribution < -0.4 is 11.1 Å². The molecule has 1 amide bonds. The Labute approximate surface area is 113 Å². The van der Waals surface area contributed by atoms with Crippen LogP contribution in [0.1, 0.15) is 17.1 Å². The third-order valence-corrected chi connectivity index (χ3v) is 3.86. The van der Waals surface area contributed by atoms with E-state index in [0.717, 1.165) is 23.5 Å². The number of anilines is 1. The van der Waals surface area contributed by atoms with Gasteiger partial charge in [-0.1, -0.05) is 0 Å². The number of nitrogens with zero attached hydrogens (tertiary/aromatic N) is 2. The van der Waals surface area contributed by atoms with E-state index < -0.39 is 0 Å². The molecule has 3 N–H and O–H groups in total. The van der Waals surface area contributed by atoms with E-state index in [-0.39, 0.29) is 5.91 Å². The first-order chi connectivity index (χ1) is 8.78. The Morgan fingerprint density at radius 1 is 1.44 bits per heavy atom. The van der Waals surface area contributed by atoms with Crippen molar-refractivity contribution in [2.75, 3.05) is 11.9 Å². The second-order valence-corrected chi connectivity index (χ2v) is 5.52. The van der Waals surface area contributed by atoms with Crippen molar-refractivity contribution >= 4 is 33.7 Å². The van der Waals surface area contributed by atoms with Crippen molar-refractivity contribution in [3.63, 3.8) is 0 Å². The van der Waals surface area contributed by atoms with Gasteiger partial charge in [0.25, 0.3) is 0 Å². The van der Waals surface area contributed by atoms with Gasteiger partial charge in [-0.15, -0.1) is 22.7 Å². The van der Waals surface area contributed by atoms with Gasteiger partial charge in [-0.25, -0.2) is 9.97 Å². The number of aryl methyl sites for hydroxylation is 1. The zero-order chi connectivity index (χ0) is 12.8. The number of rotatable bonds is 6. The van der Waals surface area contributed by atoms with Crippen LogP contribution in [0.2, 0.25) is 0 Å². The van der Waals surface area contributed by atoms with Gasteiger partial charge in [0.05, 0.1) is 17.1 Å². The lowest BCUT2D eigenvalue weighted by atomic mass is 10.3. The molecule has 0 atom stereocenters. The zero-order valence-electron chi connectivity index (χ0n) is 9.76. The molecule has 0 spiro atoms. The second kappa shape index (κ2) is 6.58. The van der Waals surface area contributed by atoms with E-state index in [0.29, 0.717) is 18.1 Å². The van der Waals surface area contributed by atoms with E-state index >= 15 is 0 Å². The highest BCUT2D eigenvalue weighted by Crippen LogP contribution is 2.14. The summed E-state index contributed by atoms with van der Waals surface area (Å²) < 4.78 is 0. The summed E-state index contributed by atoms with van der Waals surface area (Å²) in [7, 11) is 0. The van der Waals surface area contributed by atoms with Gasteiger partial charge in [-0.2, -0.15) is 0 Å². The first-order valence-electron chi connectivity index (χ1n) is 5.60. The van der Waals surface area contributed by atoms with Crippen molar-refractivity contribution in [2.45, 2.75) is 19.3 Å². The van der Waals surface area contributed by atoms with Crippen molar-refractivity contribution in [1.82, 2.24) is 9.97 Å². The molecule has 2 rings (SSSR count). The number of amides is 1. The molecule has 0 aliphatic heterocycles. The number of aromatic nitrogens is 2. The van der Waals surface area contributed by atoms with Gasteiger partial charge in [-0.3, -0.25) is 4.79 Å². The van der Waals surface area contributed by atoms with E-state index in [4.69, 9.17) is 5.73 Å². The summed E-state index contributed by atoms with van der Waals surface area (Å²) in [6.07, 6.45) is 3.76. The molecule has 0 bridgehead atoms. The average molecular weight is 282 g/mol. The van der Waals surface area contributed by atoms with Crippen molar-refractivity contribution in [3.8, 4) is 0 Å². The van der Waals surface area contributed by atoms with Crippen LogP contribution >= 0.6 is 22.7 Å². The van der Waals surface area contributed by atoms with Gasteiger partial charge in [0.2, 0.25) is 5.91 Å². The fraction of sp³-hybridized carbons (Fsp3) is 0.364. The third kappa shape index (κ3) is 3.86. The van der Waals surface area contributed by atoms with Gasteiger partial charge in [0, 0.05) is 23.4 Å². The number of hydrogen-bond donors (Lipinski definition) is 2. The van der Waals surface area contributed by atoms with Crippen molar-refractivity contribution in [3.05, 3.63) is 27.7 Å². The number of carbonyl (C=O) groups is 1. The number of hydrogen-bond acceptors (Lipinski definition) is 6. The van der Waals surface area contributed by atoms with E-state index in [2.05, 4.69) is 15.3 Å². The fourth-order valence-electron chi connectivity index (χ4n) is 1.41. The van der Waals surface area contributed by atoms with E-state index in [9.17, 15) is 4.79 Å². The smallest absolute Gasteiger partial charge is 0.232 e. The van der Waals surface area contributed by atoms with Crippen LogP contribution in [0.4, 0.5) is 5.13 Å². The standard InChI is InChI=1S/C11H14N4OS2/c12-3-1-2-10-14-8(7-18-10)6-9(16)15-11-13-4-5-17-11/h4-5,7H,1-3,6,12H2,(H,13,15,16). The summed E-state index contributed by atoms with van der Waals surface area (Å²) in [6.45, 7) is 0.666. The Morgan fingerprint density at radius 2 is 2.33 bits per heavy atom. The molecule has 0 fully saturated rings. The quantitative estimate of drug-likeness (QED) is 0.844. The number of nitrogens with two attached hydrogens (primary N) is 1. The van der Waals surface area contributed by atoms with Gasteiger partial charge in [-0.05, 0) is 13.0 Å². The molecule has 0 radical (unpaired) electrons. The molecule has 0 aliphatic carbocycles. The summed E-state index contributed by atoms with van der Waals surface area (Å²) in [5.41, 5.74) is 6.25. The molecule has 0 aromatic carbocycles. The van der Waals surface area contributed by atoms with Gasteiger partial charge < -0.3 is 11.1 Å². The predicted molar refractivity (Wildman–Crippen MR) is 73.9 cm³/mol. The van der Waals surface area contributed by atoms with Crippen LogP contribution in [-0.4, -0.2) is 22.4 Å². The molecule has 2 heterocycles. The molecule has 18 heavy (non-hydrogen) atoms. The minimum atomic E-state index is -0.0828. The SMILES string of the molecule is NCCCc1nc(CC(=O)Nc2nccs2)cs1. The van der Waals surface area contributed by atoms with E-state index in [1.54, 1.807) is 17.5 Å². The molecule has 0 saturated carbocycles. The van der Waals surface area contributed by atoms with Crippen LogP contribution in [0.25, 0.3) is 0 Å². The first-order valence-corrected chi connectivity index (χ1v) is 7.36. The first kappa shape index (κ1) is 13.1. The maximum atomic E-state index is 11.7. The number of nitrogens with one attached hydrogen (secondary N) is 1. The number of carbonyl (C=O) groups excluding carboxylic acids is 1. The molecular formula is C11H14N4OS2. The van der Waals surface area contributed by atoms with Crippen LogP contribution in [0.3, 0.4) is 0 Å². The van der Waals surface area contributed by atoms with E-state index in [1.165, 1.54) is 11.3 Å². The second-order valence-electron chi connectivity index (χ2n) is 3.69. The summed E-state index contributed by atoms with van der Waals surface area (Å²) in [5.74, 6) is -0.0828. The maximum Gasteiger partial charge on any atom is 0.232 e. The Bertz CT molecular complexity index is 495. The highest BCUT2D eigenvalue weighted by Gasteiger charge is 2.08. The third-order valence-electron chi connectivity index (χ3n) is 2.21. The Hall–Kier alpha value is -1.31. The zero-order valence-corrected chi connectivity index (χ0v) is 11.4. The normalized spacial score (nSPS) is 10.5. The molecule has 7 heteroatoms. The van der Waals surface area contributed by atoms with Gasteiger partial charge in [0.1, 0.15) is 0 Å². The van der Waals surface area contributed by atoms with Crippen LogP contribution in [0.15, 0.2) is 17.0 Å². The molecular weight excluding hydrogens is 268 g/mol. The van der Waals surface area contributed by atoms with Crippen LogP contribution in [-0.2, 0) is 17.6 Å². The van der Waals surface area contributed by atoms with Crippen molar-refractivity contribution in [2.24, 2.45) is 5.73 Å². The van der Waals surface area contributed by atoms with E-state index in [1.807, 2.05) is 10.8 Å². The number of thiazole rings is 2. The van der Waals surface area contributed by atoms with Gasteiger partial charge >= 0.3 is 0 Å². The molecule has 5 nitrogen and oxygen atoms in total. The van der Waals surface area contributed by atoms with Gasteiger partial charge in [0.15, 0.2) is 5.13 Å². The highest BCUT2D eigenvalue weighted by atomic mass is 32.1. The van der Waals surface area contributed by atoms with Crippen LogP contribution in [0, 0.1) is 0 Å². The molecule has 0 saturated heterocycles. The summed E-state index contributed by atoms with van der Waals surface area (Å²) in [6, 6.07) is 0. The maximum absolute atomic E-state index is 11.7. The Balaban J connectivity index is 1.85. The topological polar surface area (TPSA) is 80.9 Å². The predicted octanol–water partition coefficient (Wildman–Crippen LogP) is 1.67. The lowest BCUT2D eigenvalue weighted by molar-refractivity contribution is -0.115. The lowest BCUT2D eigenvalue weighted by Crippen LogP contribution is -2.14. The summed E-state index contributed by atoms with van der Waals surface area (Å²) >= 11 is 2.98. The van der Waals surface area contributed by atoms with Crippen LogP contribution in [0.5, 0.6) is 0 Å².